The smallest absolute Gasteiger partial charge is 0.213 e. The number of aliphatic imine (C=N–C) groups is 1. The van der Waals surface area contributed by atoms with Gasteiger partial charge in [-0.2, -0.15) is 0 Å². The largest absolute Gasteiger partial charge is 0.357 e. The minimum Gasteiger partial charge on any atom is -0.357 e. The zero-order chi connectivity index (χ0) is 19.5. The second-order valence-electron chi connectivity index (χ2n) is 5.92. The second kappa shape index (κ2) is 13.1. The number of nitrogens with zero attached hydrogens (tertiary/aromatic N) is 2. The number of aryl methyl sites for hydroxylation is 1. The number of thiazole rings is 1. The number of benzene rings is 1. The van der Waals surface area contributed by atoms with Gasteiger partial charge in [0.15, 0.2) is 5.96 Å². The van der Waals surface area contributed by atoms with Gasteiger partial charge in [-0.1, -0.05) is 30.3 Å². The number of hydrogen-bond acceptors (Lipinski definition) is 5. The number of sulfonamides is 1. The van der Waals surface area contributed by atoms with Gasteiger partial charge in [0, 0.05) is 31.4 Å². The molecule has 0 atom stereocenters. The van der Waals surface area contributed by atoms with Crippen molar-refractivity contribution in [2.45, 2.75) is 26.8 Å². The van der Waals surface area contributed by atoms with Crippen molar-refractivity contribution in [2.75, 3.05) is 25.4 Å². The fourth-order valence-corrected chi connectivity index (χ4v) is 3.82. The number of nitrogens with one attached hydrogen (secondary N) is 3. The maximum absolute atomic E-state index is 12.1. The van der Waals surface area contributed by atoms with E-state index in [4.69, 9.17) is 0 Å². The fraction of sp³-hybridized carbons (Fsp3) is 0.444. The Morgan fingerprint density at radius 3 is 2.61 bits per heavy atom. The van der Waals surface area contributed by atoms with E-state index in [0.717, 1.165) is 22.7 Å². The van der Waals surface area contributed by atoms with E-state index in [1.54, 1.807) is 11.3 Å². The third kappa shape index (κ3) is 9.80. The molecular formula is C18H28IN5O2S2. The van der Waals surface area contributed by atoms with E-state index in [9.17, 15) is 8.42 Å². The van der Waals surface area contributed by atoms with Crippen molar-refractivity contribution < 1.29 is 8.42 Å². The summed E-state index contributed by atoms with van der Waals surface area (Å²) in [5, 5.41) is 9.44. The van der Waals surface area contributed by atoms with Crippen LogP contribution >= 0.6 is 35.3 Å². The first-order chi connectivity index (χ1) is 13.0. The molecule has 1 aromatic heterocycles. The van der Waals surface area contributed by atoms with Crippen LogP contribution in [0.25, 0.3) is 0 Å². The first-order valence-corrected chi connectivity index (χ1v) is 11.5. The Morgan fingerprint density at radius 2 is 1.96 bits per heavy atom. The van der Waals surface area contributed by atoms with Crippen LogP contribution in [-0.2, 0) is 23.0 Å². The first-order valence-electron chi connectivity index (χ1n) is 8.93. The van der Waals surface area contributed by atoms with E-state index in [1.165, 1.54) is 0 Å². The summed E-state index contributed by atoms with van der Waals surface area (Å²) in [4.78, 5) is 8.77. The van der Waals surface area contributed by atoms with Gasteiger partial charge in [-0.15, -0.1) is 35.3 Å². The summed E-state index contributed by atoms with van der Waals surface area (Å²) in [6.45, 7) is 5.83. The molecule has 10 heteroatoms. The van der Waals surface area contributed by atoms with E-state index in [0.29, 0.717) is 19.0 Å². The van der Waals surface area contributed by atoms with Crippen molar-refractivity contribution in [1.29, 1.82) is 0 Å². The van der Waals surface area contributed by atoms with E-state index < -0.39 is 10.0 Å². The Labute approximate surface area is 188 Å². The van der Waals surface area contributed by atoms with Gasteiger partial charge in [0.1, 0.15) is 0 Å². The quantitative estimate of drug-likeness (QED) is 0.246. The predicted octanol–water partition coefficient (Wildman–Crippen LogP) is 2.29. The topological polar surface area (TPSA) is 95.5 Å². The summed E-state index contributed by atoms with van der Waals surface area (Å²) >= 11 is 1.63. The lowest BCUT2D eigenvalue weighted by atomic mass is 10.2. The summed E-state index contributed by atoms with van der Waals surface area (Å²) in [5.74, 6) is 0.560. The Balaban J connectivity index is 0.00000392. The normalized spacial score (nSPS) is 11.7. The fourth-order valence-electron chi connectivity index (χ4n) is 2.31. The van der Waals surface area contributed by atoms with Crippen molar-refractivity contribution in [3.63, 3.8) is 0 Å². The maximum atomic E-state index is 12.1. The lowest BCUT2D eigenvalue weighted by molar-refractivity contribution is 0.581. The summed E-state index contributed by atoms with van der Waals surface area (Å²) in [6, 6.07) is 9.44. The number of hydrogen-bond donors (Lipinski definition) is 3. The average molecular weight is 537 g/mol. The van der Waals surface area contributed by atoms with E-state index in [-0.39, 0.29) is 42.8 Å². The zero-order valence-corrected chi connectivity index (χ0v) is 20.1. The van der Waals surface area contributed by atoms with Gasteiger partial charge in [0.25, 0.3) is 0 Å². The molecule has 0 spiro atoms. The maximum Gasteiger partial charge on any atom is 0.213 e. The first kappa shape index (κ1) is 24.8. The standard InChI is InChI=1S/C18H27N5O2S2.HI/c1-3-19-18(20-10-9-17-14-26-15(2)23-17)21-11-12-27(24,25)22-13-16-7-5-4-6-8-16;/h4-8,14,22H,3,9-13H2,1-2H3,(H2,19,20,21);1H. The monoisotopic (exact) mass is 537 g/mol. The van der Waals surface area contributed by atoms with Crippen LogP contribution in [0.4, 0.5) is 0 Å². The van der Waals surface area contributed by atoms with Gasteiger partial charge in [-0.25, -0.2) is 18.1 Å². The molecule has 0 fully saturated rings. The Hall–Kier alpha value is -1.24. The summed E-state index contributed by atoms with van der Waals surface area (Å²) in [7, 11) is -3.37. The molecule has 0 aliphatic rings. The van der Waals surface area contributed by atoms with Gasteiger partial charge in [-0.05, 0) is 19.4 Å². The van der Waals surface area contributed by atoms with Crippen LogP contribution in [0, 0.1) is 6.92 Å². The average Bonchev–Trinajstić information content (AvgIpc) is 3.06. The zero-order valence-electron chi connectivity index (χ0n) is 16.1. The number of rotatable bonds is 10. The SMILES string of the molecule is CCNC(=NCCS(=O)(=O)NCc1ccccc1)NCCc1csc(C)n1.I. The predicted molar refractivity (Wildman–Crippen MR) is 127 cm³/mol. The molecule has 3 N–H and O–H groups in total. The minimum atomic E-state index is -3.37. The molecule has 156 valence electrons. The number of guanidine groups is 1. The summed E-state index contributed by atoms with van der Waals surface area (Å²) in [5.41, 5.74) is 1.98. The summed E-state index contributed by atoms with van der Waals surface area (Å²) < 4.78 is 26.8. The van der Waals surface area contributed by atoms with Crippen LogP contribution in [0.3, 0.4) is 0 Å². The van der Waals surface area contributed by atoms with E-state index >= 15 is 0 Å². The van der Waals surface area contributed by atoms with Crippen LogP contribution in [0.2, 0.25) is 0 Å². The highest BCUT2D eigenvalue weighted by atomic mass is 127. The lowest BCUT2D eigenvalue weighted by Crippen LogP contribution is -2.39. The van der Waals surface area contributed by atoms with E-state index in [2.05, 4.69) is 25.3 Å². The highest BCUT2D eigenvalue weighted by Gasteiger charge is 2.09. The van der Waals surface area contributed by atoms with Crippen LogP contribution in [-0.4, -0.2) is 44.7 Å². The Morgan fingerprint density at radius 1 is 1.21 bits per heavy atom. The molecular weight excluding hydrogens is 509 g/mol. The van der Waals surface area contributed by atoms with Crippen molar-refractivity contribution in [2.24, 2.45) is 4.99 Å². The van der Waals surface area contributed by atoms with Crippen LogP contribution in [0.1, 0.15) is 23.2 Å². The molecule has 0 bridgehead atoms. The van der Waals surface area contributed by atoms with Crippen molar-refractivity contribution >= 4 is 51.3 Å². The molecule has 0 saturated heterocycles. The molecule has 1 aromatic carbocycles. The van der Waals surface area contributed by atoms with Gasteiger partial charge < -0.3 is 10.6 Å². The van der Waals surface area contributed by atoms with Gasteiger partial charge in [-0.3, -0.25) is 4.99 Å². The molecule has 0 unspecified atom stereocenters. The van der Waals surface area contributed by atoms with E-state index in [1.807, 2.05) is 49.6 Å². The minimum absolute atomic E-state index is 0. The molecule has 0 aliphatic carbocycles. The molecule has 0 radical (unpaired) electrons. The molecule has 0 saturated carbocycles. The summed E-state index contributed by atoms with van der Waals surface area (Å²) in [6.07, 6.45) is 0.797. The van der Waals surface area contributed by atoms with Crippen LogP contribution in [0.15, 0.2) is 40.7 Å². The van der Waals surface area contributed by atoms with Gasteiger partial charge in [0.05, 0.1) is 23.0 Å². The third-order valence-corrected chi connectivity index (χ3v) is 5.78. The number of aromatic nitrogens is 1. The molecule has 2 aromatic rings. The van der Waals surface area contributed by atoms with Gasteiger partial charge >= 0.3 is 0 Å². The molecule has 7 nitrogen and oxygen atoms in total. The molecule has 2 rings (SSSR count). The molecule has 0 aliphatic heterocycles. The van der Waals surface area contributed by atoms with Crippen molar-refractivity contribution in [1.82, 2.24) is 20.3 Å². The third-order valence-electron chi connectivity index (χ3n) is 3.65. The van der Waals surface area contributed by atoms with Crippen LogP contribution in [0.5, 0.6) is 0 Å². The number of halogens is 1. The van der Waals surface area contributed by atoms with Gasteiger partial charge in [0.2, 0.25) is 10.0 Å². The highest BCUT2D eigenvalue weighted by Crippen LogP contribution is 2.07. The Kier molecular flexibility index (Phi) is 11.6. The highest BCUT2D eigenvalue weighted by molar-refractivity contribution is 14.0. The van der Waals surface area contributed by atoms with Crippen LogP contribution < -0.4 is 15.4 Å². The molecule has 28 heavy (non-hydrogen) atoms. The molecule has 0 amide bonds. The van der Waals surface area contributed by atoms with Crippen molar-refractivity contribution in [3.05, 3.63) is 52.0 Å². The van der Waals surface area contributed by atoms with Crippen molar-refractivity contribution in [3.8, 4) is 0 Å². The second-order valence-corrected chi connectivity index (χ2v) is 8.91. The molecule has 1 heterocycles. The lowest BCUT2D eigenvalue weighted by Gasteiger charge is -2.11. The Bertz CT molecular complexity index is 826.